The summed E-state index contributed by atoms with van der Waals surface area (Å²) in [5, 5.41) is 28.5. The Hall–Kier alpha value is -2.48. The number of carbonyl (C=O) groups excluding carboxylic acids is 2. The predicted molar refractivity (Wildman–Crippen MR) is 235 cm³/mol. The quantitative estimate of drug-likeness (QED) is 0.0575. The van der Waals surface area contributed by atoms with Crippen LogP contribution in [-0.4, -0.2) is 60.5 Å². The Morgan fingerprint density at radius 3 is 1.89 bits per heavy atom. The molecular weight excluding hydrogens is 709 g/mol. The lowest BCUT2D eigenvalue weighted by atomic mass is 9.41. The summed E-state index contributed by atoms with van der Waals surface area (Å²) < 4.78 is 5.68. The zero-order valence-electron chi connectivity index (χ0n) is 36.6. The van der Waals surface area contributed by atoms with Gasteiger partial charge in [0, 0.05) is 25.9 Å². The van der Waals surface area contributed by atoms with Gasteiger partial charge in [-0.05, 0) is 149 Å². The lowest BCUT2D eigenvalue weighted by molar-refractivity contribution is -0.203. The minimum atomic E-state index is -0.267. The predicted octanol–water partition coefficient (Wildman–Crippen LogP) is 10.2. The van der Waals surface area contributed by atoms with E-state index in [2.05, 4.69) is 106 Å². The monoisotopic (exact) mass is 791 g/mol. The van der Waals surface area contributed by atoms with Gasteiger partial charge in [-0.25, -0.2) is 0 Å². The molecule has 1 unspecified atom stereocenters. The van der Waals surface area contributed by atoms with E-state index in [4.69, 9.17) is 4.74 Å². The molecule has 0 aromatic heterocycles. The van der Waals surface area contributed by atoms with Crippen LogP contribution in [0.15, 0.2) is 60.8 Å². The van der Waals surface area contributed by atoms with Crippen LogP contribution < -0.4 is 10.6 Å². The van der Waals surface area contributed by atoms with E-state index in [0.717, 1.165) is 77.0 Å². The molecule has 0 radical (unpaired) electrons. The molecule has 4 rings (SSSR count). The second-order valence-electron chi connectivity index (χ2n) is 18.6. The van der Waals surface area contributed by atoms with Crippen LogP contribution >= 0.6 is 0 Å². The maximum Gasteiger partial charge on any atom is 0.220 e. The highest BCUT2D eigenvalue weighted by molar-refractivity contribution is 5.76. The van der Waals surface area contributed by atoms with E-state index >= 15 is 0 Å². The molecule has 4 aliphatic carbocycles. The maximum absolute atomic E-state index is 12.8. The number of unbranched alkanes of at least 4 members (excludes halogenated alkanes) is 1. The van der Waals surface area contributed by atoms with Crippen LogP contribution in [0, 0.1) is 52.3 Å². The summed E-state index contributed by atoms with van der Waals surface area (Å²) in [4.78, 5) is 25.0. The smallest absolute Gasteiger partial charge is 0.220 e. The molecule has 7 nitrogen and oxygen atoms in total. The van der Waals surface area contributed by atoms with Gasteiger partial charge in [-0.3, -0.25) is 9.59 Å². The first-order chi connectivity index (χ1) is 27.6. The van der Waals surface area contributed by atoms with Gasteiger partial charge in [0.25, 0.3) is 0 Å². The van der Waals surface area contributed by atoms with E-state index in [1.54, 1.807) is 0 Å². The van der Waals surface area contributed by atoms with Gasteiger partial charge in [0.1, 0.15) is 0 Å². The van der Waals surface area contributed by atoms with Crippen LogP contribution in [0.25, 0.3) is 0 Å². The van der Waals surface area contributed by atoms with E-state index in [1.165, 1.54) is 25.7 Å². The largest absolute Gasteiger partial charge is 0.393 e. The average Bonchev–Trinajstić information content (AvgIpc) is 3.55. The average molecular weight is 791 g/mol. The zero-order valence-corrected chi connectivity index (χ0v) is 36.6. The van der Waals surface area contributed by atoms with Crippen LogP contribution in [0.4, 0.5) is 0 Å². The second kappa shape index (κ2) is 24.6. The molecule has 4 N–H and O–H groups in total. The normalized spacial score (nSPS) is 33.3. The number of aliphatic hydroxyl groups excluding tert-OH is 2. The molecule has 4 aliphatic rings. The number of carbonyl (C=O) groups is 2. The molecule has 0 spiro atoms. The highest BCUT2D eigenvalue weighted by Crippen LogP contribution is 2.69. The molecule has 2 amide bonds. The maximum atomic E-state index is 12.8. The molecule has 7 heteroatoms. The van der Waals surface area contributed by atoms with Gasteiger partial charge in [-0.15, -0.1) is 0 Å². The molecule has 4 fully saturated rings. The van der Waals surface area contributed by atoms with Crippen molar-refractivity contribution in [3.63, 3.8) is 0 Å². The van der Waals surface area contributed by atoms with Crippen LogP contribution in [-0.2, 0) is 14.3 Å². The minimum absolute atomic E-state index is 0.0526. The molecule has 0 aromatic rings. The second-order valence-corrected chi connectivity index (χ2v) is 18.6. The third-order valence-corrected chi connectivity index (χ3v) is 15.0. The summed E-state index contributed by atoms with van der Waals surface area (Å²) in [7, 11) is 0. The van der Waals surface area contributed by atoms with Gasteiger partial charge in [0.2, 0.25) is 11.8 Å². The first-order valence-corrected chi connectivity index (χ1v) is 23.3. The van der Waals surface area contributed by atoms with Crippen molar-refractivity contribution in [3.8, 4) is 0 Å². The van der Waals surface area contributed by atoms with Gasteiger partial charge in [0.15, 0.2) is 0 Å². The van der Waals surface area contributed by atoms with Crippen LogP contribution in [0.5, 0.6) is 0 Å². The van der Waals surface area contributed by atoms with Crippen molar-refractivity contribution < 1.29 is 24.5 Å². The molecule has 0 bridgehead atoms. The fraction of sp³-hybridized carbons (Fsp3) is 0.760. The topological polar surface area (TPSA) is 108 Å². The number of amides is 2. The third kappa shape index (κ3) is 13.5. The molecule has 322 valence electrons. The number of aliphatic hydroxyl groups is 2. The fourth-order valence-electron chi connectivity index (χ4n) is 12.0. The van der Waals surface area contributed by atoms with Crippen LogP contribution in [0.2, 0.25) is 0 Å². The minimum Gasteiger partial charge on any atom is -0.393 e. The highest BCUT2D eigenvalue weighted by Gasteiger charge is 2.64. The summed E-state index contributed by atoms with van der Waals surface area (Å²) in [6.07, 6.45) is 38.7. The Labute approximate surface area is 347 Å². The number of fused-ring (bicyclic) bond motifs is 5. The summed E-state index contributed by atoms with van der Waals surface area (Å²) in [5.74, 6) is 3.35. The van der Waals surface area contributed by atoms with Crippen molar-refractivity contribution in [2.24, 2.45) is 52.3 Å². The molecule has 4 saturated carbocycles. The number of nitrogens with one attached hydrogen (secondary N) is 2. The lowest BCUT2D eigenvalue weighted by Gasteiger charge is -2.64. The first kappa shape index (κ1) is 47.2. The lowest BCUT2D eigenvalue weighted by Crippen LogP contribution is -2.62. The number of ether oxygens (including phenoxy) is 1. The summed E-state index contributed by atoms with van der Waals surface area (Å²) in [6.45, 7) is 13.6. The van der Waals surface area contributed by atoms with E-state index in [-0.39, 0.29) is 40.8 Å². The van der Waals surface area contributed by atoms with Crippen LogP contribution in [0.1, 0.15) is 150 Å². The van der Waals surface area contributed by atoms with E-state index in [1.807, 2.05) is 0 Å². The van der Waals surface area contributed by atoms with Crippen molar-refractivity contribution in [1.82, 2.24) is 10.6 Å². The number of hydrogen-bond acceptors (Lipinski definition) is 5. The van der Waals surface area contributed by atoms with Crippen molar-refractivity contribution in [1.29, 1.82) is 0 Å². The van der Waals surface area contributed by atoms with Crippen LogP contribution in [0.3, 0.4) is 0 Å². The Morgan fingerprint density at radius 2 is 1.28 bits per heavy atom. The zero-order chi connectivity index (χ0) is 41.1. The SMILES string of the molecule is CC/C=C\C/C=C\C/C=C\C/C=C\C/C=C\CCCC(=O)NCCOCCNC(=O)CC[C@@H](C)C1CC[C@H]2[C@@H]3[C@H](O)[C@H](CC)[C@@H]4C[C@H](O)CC[C@]4(C)[C@H]3CC[C@]12C. The Kier molecular flexibility index (Phi) is 20.3. The van der Waals surface area contributed by atoms with E-state index < -0.39 is 0 Å². The van der Waals surface area contributed by atoms with E-state index in [9.17, 15) is 19.8 Å². The van der Waals surface area contributed by atoms with Gasteiger partial charge < -0.3 is 25.6 Å². The standard InChI is InChI=1S/C50H82N2O5/c1-6-8-9-10-11-12-13-14-15-16-17-18-19-20-21-22-23-24-45(54)51-33-35-57-36-34-52-46(55)28-25-38(3)41-26-27-42-47-43(30-32-49(41,42)4)50(5)31-29-39(53)37-44(50)40(7-2)48(47)56/h8-9,11-12,14-15,17-18,20-21,38-44,47-48,53,56H,6-7,10,13,16,19,22-37H2,1-5H3,(H,51,54)(H,52,55)/b9-8-,12-11-,15-14-,18-17-,21-20-/t38-,39-,40-,41?,42+,43+,44+,47+,48-,49-,50-/m1/s1. The number of allylic oxidation sites excluding steroid dienone is 10. The Bertz CT molecular complexity index is 1350. The molecule has 57 heavy (non-hydrogen) atoms. The molecule has 0 aromatic carbocycles. The van der Waals surface area contributed by atoms with Gasteiger partial charge in [0.05, 0.1) is 25.4 Å². The molecule has 0 heterocycles. The third-order valence-electron chi connectivity index (χ3n) is 15.0. The molecule has 0 saturated heterocycles. The molecule has 11 atom stereocenters. The Balaban J connectivity index is 1.01. The van der Waals surface area contributed by atoms with Gasteiger partial charge in [-0.2, -0.15) is 0 Å². The van der Waals surface area contributed by atoms with Crippen molar-refractivity contribution in [2.45, 2.75) is 162 Å². The van der Waals surface area contributed by atoms with Gasteiger partial charge in [-0.1, -0.05) is 102 Å². The Morgan fingerprint density at radius 1 is 0.719 bits per heavy atom. The fourth-order valence-corrected chi connectivity index (χ4v) is 12.0. The van der Waals surface area contributed by atoms with Gasteiger partial charge >= 0.3 is 0 Å². The molecular formula is C50H82N2O5. The van der Waals surface area contributed by atoms with Crippen molar-refractivity contribution in [3.05, 3.63) is 60.8 Å². The highest BCUT2D eigenvalue weighted by atomic mass is 16.5. The summed E-state index contributed by atoms with van der Waals surface area (Å²) in [5.41, 5.74) is 0.440. The summed E-state index contributed by atoms with van der Waals surface area (Å²) >= 11 is 0. The number of hydrogen-bond donors (Lipinski definition) is 4. The number of rotatable bonds is 24. The summed E-state index contributed by atoms with van der Waals surface area (Å²) in [6, 6.07) is 0. The van der Waals surface area contributed by atoms with Crippen molar-refractivity contribution >= 4 is 11.8 Å². The van der Waals surface area contributed by atoms with Crippen molar-refractivity contribution in [2.75, 3.05) is 26.3 Å². The first-order valence-electron chi connectivity index (χ1n) is 23.3. The van der Waals surface area contributed by atoms with E-state index in [0.29, 0.717) is 74.7 Å². The molecule has 0 aliphatic heterocycles.